The van der Waals surface area contributed by atoms with Gasteiger partial charge in [-0.05, 0) is 29.8 Å². The fourth-order valence-electron chi connectivity index (χ4n) is 2.95. The molecular formula is C17H13NO7S. The zero-order chi connectivity index (χ0) is 18.5. The second kappa shape index (κ2) is 5.67. The number of hydrogen-bond donors (Lipinski definition) is 2. The molecule has 0 aromatic heterocycles. The molecule has 2 aliphatic rings. The summed E-state index contributed by atoms with van der Waals surface area (Å²) in [5.74, 6) is -1.16. The van der Waals surface area contributed by atoms with E-state index in [0.717, 1.165) is 0 Å². The summed E-state index contributed by atoms with van der Waals surface area (Å²) in [5, 5.41) is 19.9. The van der Waals surface area contributed by atoms with Crippen molar-refractivity contribution < 1.29 is 32.9 Å². The van der Waals surface area contributed by atoms with Crippen LogP contribution in [0.5, 0.6) is 11.5 Å². The van der Waals surface area contributed by atoms with Gasteiger partial charge in [-0.2, -0.15) is 0 Å². The molecule has 2 aromatic rings. The Morgan fingerprint density at radius 1 is 1.12 bits per heavy atom. The summed E-state index contributed by atoms with van der Waals surface area (Å²) in [6.07, 6.45) is 0. The normalized spacial score (nSPS) is 17.2. The molecule has 8 nitrogen and oxygen atoms in total. The fourth-order valence-corrected chi connectivity index (χ4v) is 4.60. The Hall–Kier alpha value is -3.20. The Morgan fingerprint density at radius 3 is 2.62 bits per heavy atom. The van der Waals surface area contributed by atoms with Crippen molar-refractivity contribution in [2.75, 3.05) is 6.79 Å². The second-order valence-electron chi connectivity index (χ2n) is 5.70. The molecular weight excluding hydrogens is 362 g/mol. The number of aliphatic hydroxyl groups excluding tert-OH is 1. The minimum atomic E-state index is -4.16. The van der Waals surface area contributed by atoms with Crippen LogP contribution in [0.1, 0.15) is 11.1 Å². The number of rotatable bonds is 3. The molecule has 0 aliphatic carbocycles. The highest BCUT2D eigenvalue weighted by atomic mass is 32.2. The van der Waals surface area contributed by atoms with Gasteiger partial charge in [0.1, 0.15) is 0 Å². The molecule has 4 rings (SSSR count). The van der Waals surface area contributed by atoms with Crippen LogP contribution in [0, 0.1) is 0 Å². The predicted molar refractivity (Wildman–Crippen MR) is 88.9 cm³/mol. The monoisotopic (exact) mass is 375 g/mol. The number of carbonyl (C=O) groups is 1. The fraction of sp³-hybridized carbons (Fsp3) is 0.118. The van der Waals surface area contributed by atoms with Gasteiger partial charge in [0.2, 0.25) is 6.79 Å². The Bertz CT molecular complexity index is 1060. The molecule has 0 fully saturated rings. The molecule has 0 unspecified atom stereocenters. The lowest BCUT2D eigenvalue weighted by Gasteiger charge is -2.30. The number of carboxylic acid groups (broad SMARTS) is 1. The van der Waals surface area contributed by atoms with Gasteiger partial charge in [-0.1, -0.05) is 18.2 Å². The molecule has 2 heterocycles. The highest BCUT2D eigenvalue weighted by Gasteiger charge is 2.40. The summed E-state index contributed by atoms with van der Waals surface area (Å²) >= 11 is 0. The smallest absolute Gasteiger partial charge is 0.357 e. The standard InChI is InChI=1S/C17H13NO7S/c19-16-11-3-1-2-4-14(11)26(22,23)18(15(16)17(20)21)8-10-5-6-12-13(7-10)25-9-24-12/h1-7,19H,8-9H2,(H,20,21). The van der Waals surface area contributed by atoms with Crippen LogP contribution in [0.15, 0.2) is 53.1 Å². The van der Waals surface area contributed by atoms with E-state index in [1.165, 1.54) is 24.3 Å². The van der Waals surface area contributed by atoms with Crippen LogP contribution in [0.2, 0.25) is 0 Å². The summed E-state index contributed by atoms with van der Waals surface area (Å²) in [6.45, 7) is -0.214. The van der Waals surface area contributed by atoms with Crippen LogP contribution in [-0.2, 0) is 21.4 Å². The van der Waals surface area contributed by atoms with Crippen LogP contribution in [0.4, 0.5) is 0 Å². The third-order valence-corrected chi connectivity index (χ3v) is 5.95. The van der Waals surface area contributed by atoms with Gasteiger partial charge in [0.05, 0.1) is 11.4 Å². The highest BCUT2D eigenvalue weighted by molar-refractivity contribution is 7.89. The van der Waals surface area contributed by atoms with Gasteiger partial charge in [0.25, 0.3) is 10.0 Å². The molecule has 2 N–H and O–H groups in total. The Kier molecular flexibility index (Phi) is 3.55. The molecule has 2 aromatic carbocycles. The van der Waals surface area contributed by atoms with Crippen LogP contribution in [0.3, 0.4) is 0 Å². The van der Waals surface area contributed by atoms with E-state index in [0.29, 0.717) is 21.4 Å². The van der Waals surface area contributed by atoms with Crippen molar-refractivity contribution >= 4 is 21.8 Å². The average molecular weight is 375 g/mol. The first-order chi connectivity index (χ1) is 12.4. The quantitative estimate of drug-likeness (QED) is 0.843. The summed E-state index contributed by atoms with van der Waals surface area (Å²) in [4.78, 5) is 11.5. The average Bonchev–Trinajstić information content (AvgIpc) is 3.07. The number of aliphatic hydroxyl groups is 1. The molecule has 2 aliphatic heterocycles. The van der Waals surface area contributed by atoms with Crippen molar-refractivity contribution in [2.24, 2.45) is 0 Å². The van der Waals surface area contributed by atoms with E-state index in [1.54, 1.807) is 18.2 Å². The molecule has 0 atom stereocenters. The van der Waals surface area contributed by atoms with Crippen LogP contribution < -0.4 is 9.47 Å². The Labute approximate surface area is 148 Å². The van der Waals surface area contributed by atoms with E-state index in [9.17, 15) is 23.4 Å². The molecule has 0 spiro atoms. The Morgan fingerprint density at radius 2 is 1.85 bits per heavy atom. The van der Waals surface area contributed by atoms with Gasteiger partial charge in [-0.15, -0.1) is 0 Å². The van der Waals surface area contributed by atoms with E-state index in [1.807, 2.05) is 0 Å². The summed E-state index contributed by atoms with van der Waals surface area (Å²) < 4.78 is 37.1. The SMILES string of the molecule is O=C(O)C1=C(O)c2ccccc2S(=O)(=O)N1Cc1ccc2c(c1)OCO2. The van der Waals surface area contributed by atoms with Crippen molar-refractivity contribution in [1.29, 1.82) is 0 Å². The van der Waals surface area contributed by atoms with Crippen molar-refractivity contribution in [3.8, 4) is 11.5 Å². The molecule has 134 valence electrons. The molecule has 0 amide bonds. The zero-order valence-corrected chi connectivity index (χ0v) is 14.1. The van der Waals surface area contributed by atoms with Crippen molar-refractivity contribution in [2.45, 2.75) is 11.4 Å². The third kappa shape index (κ3) is 2.36. The lowest BCUT2D eigenvalue weighted by Crippen LogP contribution is -2.37. The van der Waals surface area contributed by atoms with E-state index >= 15 is 0 Å². The molecule has 0 bridgehead atoms. The zero-order valence-electron chi connectivity index (χ0n) is 13.2. The van der Waals surface area contributed by atoms with Gasteiger partial charge in [-0.25, -0.2) is 13.2 Å². The number of aliphatic carboxylic acids is 1. The van der Waals surface area contributed by atoms with Crippen molar-refractivity contribution in [3.63, 3.8) is 0 Å². The van der Waals surface area contributed by atoms with Crippen LogP contribution in [0.25, 0.3) is 5.76 Å². The first kappa shape index (κ1) is 16.3. The third-order valence-electron chi connectivity index (χ3n) is 4.15. The maximum Gasteiger partial charge on any atom is 0.357 e. The minimum Gasteiger partial charge on any atom is -0.505 e. The molecule has 0 radical (unpaired) electrons. The van der Waals surface area contributed by atoms with Gasteiger partial charge >= 0.3 is 5.97 Å². The first-order valence-corrected chi connectivity index (χ1v) is 9.01. The number of sulfonamides is 1. The van der Waals surface area contributed by atoms with E-state index in [2.05, 4.69) is 0 Å². The van der Waals surface area contributed by atoms with Gasteiger partial charge < -0.3 is 19.7 Å². The highest BCUT2D eigenvalue weighted by Crippen LogP contribution is 2.38. The summed E-state index contributed by atoms with van der Waals surface area (Å²) in [5.41, 5.74) is -0.239. The van der Waals surface area contributed by atoms with Crippen LogP contribution >= 0.6 is 0 Å². The number of nitrogens with zero attached hydrogens (tertiary/aromatic N) is 1. The lowest BCUT2D eigenvalue weighted by molar-refractivity contribution is -0.133. The number of hydrogen-bond acceptors (Lipinski definition) is 6. The summed E-state index contributed by atoms with van der Waals surface area (Å²) in [7, 11) is -4.16. The number of ether oxygens (including phenoxy) is 2. The van der Waals surface area contributed by atoms with Gasteiger partial charge in [0.15, 0.2) is 23.0 Å². The van der Waals surface area contributed by atoms with Gasteiger partial charge in [0, 0.05) is 5.56 Å². The van der Waals surface area contributed by atoms with Crippen molar-refractivity contribution in [1.82, 2.24) is 4.31 Å². The Balaban J connectivity index is 1.84. The number of fused-ring (bicyclic) bond motifs is 2. The van der Waals surface area contributed by atoms with Gasteiger partial charge in [-0.3, -0.25) is 4.31 Å². The molecule has 0 saturated heterocycles. The second-order valence-corrected chi connectivity index (χ2v) is 7.53. The predicted octanol–water partition coefficient (Wildman–Crippen LogP) is 1.93. The summed E-state index contributed by atoms with van der Waals surface area (Å²) in [6, 6.07) is 10.5. The first-order valence-electron chi connectivity index (χ1n) is 7.57. The maximum absolute atomic E-state index is 13.0. The number of carboxylic acids is 1. The molecule has 9 heteroatoms. The van der Waals surface area contributed by atoms with E-state index in [4.69, 9.17) is 9.47 Å². The van der Waals surface area contributed by atoms with E-state index < -0.39 is 27.4 Å². The van der Waals surface area contributed by atoms with Crippen molar-refractivity contribution in [3.05, 3.63) is 59.3 Å². The number of benzene rings is 2. The minimum absolute atomic E-state index is 0.0353. The molecule has 0 saturated carbocycles. The lowest BCUT2D eigenvalue weighted by atomic mass is 10.1. The maximum atomic E-state index is 13.0. The largest absolute Gasteiger partial charge is 0.505 e. The van der Waals surface area contributed by atoms with E-state index in [-0.39, 0.29) is 23.8 Å². The molecule has 26 heavy (non-hydrogen) atoms. The topological polar surface area (TPSA) is 113 Å². The van der Waals surface area contributed by atoms with Crippen LogP contribution in [-0.4, -0.2) is 35.7 Å².